The second-order valence-electron chi connectivity index (χ2n) is 8.06. The van der Waals surface area contributed by atoms with Gasteiger partial charge in [-0.2, -0.15) is 0 Å². The molecular weight excluding hydrogens is 344 g/mol. The van der Waals surface area contributed by atoms with Crippen LogP contribution in [0.15, 0.2) is 72.8 Å². The van der Waals surface area contributed by atoms with Gasteiger partial charge in [-0.05, 0) is 48.3 Å². The van der Waals surface area contributed by atoms with E-state index in [1.54, 1.807) is 0 Å². The first-order valence-corrected chi connectivity index (χ1v) is 10.1. The van der Waals surface area contributed by atoms with Gasteiger partial charge in [-0.15, -0.1) is 0 Å². The quantitative estimate of drug-likeness (QED) is 0.608. The molecule has 2 atom stereocenters. The van der Waals surface area contributed by atoms with Gasteiger partial charge in [-0.3, -0.25) is 4.79 Å². The van der Waals surface area contributed by atoms with E-state index in [2.05, 4.69) is 90.6 Å². The second kappa shape index (κ2) is 8.15. The molecule has 28 heavy (non-hydrogen) atoms. The summed E-state index contributed by atoms with van der Waals surface area (Å²) in [6, 6.07) is 25.3. The Labute approximate surface area is 167 Å². The average Bonchev–Trinajstić information content (AvgIpc) is 3.52. The molecule has 1 fully saturated rings. The third kappa shape index (κ3) is 4.10. The summed E-state index contributed by atoms with van der Waals surface area (Å²) in [6.07, 6.45) is 0.969. The van der Waals surface area contributed by atoms with E-state index >= 15 is 0 Å². The molecule has 3 aromatic carbocycles. The zero-order valence-corrected chi connectivity index (χ0v) is 16.7. The minimum atomic E-state index is 0.125. The monoisotopic (exact) mass is 372 g/mol. The van der Waals surface area contributed by atoms with Crippen molar-refractivity contribution in [3.63, 3.8) is 0 Å². The summed E-state index contributed by atoms with van der Waals surface area (Å²) in [5, 5.41) is 2.47. The fourth-order valence-electron chi connectivity index (χ4n) is 3.99. The van der Waals surface area contributed by atoms with Crippen LogP contribution in [0.1, 0.15) is 23.5 Å². The van der Waals surface area contributed by atoms with Gasteiger partial charge in [0, 0.05) is 25.6 Å². The van der Waals surface area contributed by atoms with Crippen molar-refractivity contribution in [2.45, 2.75) is 18.9 Å². The maximum Gasteiger partial charge on any atom is 0.226 e. The number of fused-ring (bicyclic) bond motifs is 1. The number of rotatable bonds is 7. The number of nitrogens with zero attached hydrogens (tertiary/aromatic N) is 2. The molecule has 1 saturated carbocycles. The summed E-state index contributed by atoms with van der Waals surface area (Å²) >= 11 is 0. The standard InChI is InChI=1S/C25H28N2O/c1-26(2)15-16-27(18-21-13-8-12-19-11-6-7-14-22(19)21)25(28)24-17-23(24)20-9-4-3-5-10-20/h3-14,23-24H,15-18H2,1-2H3/t23?,24-/m1/s1. The van der Waals surface area contributed by atoms with E-state index in [-0.39, 0.29) is 5.92 Å². The van der Waals surface area contributed by atoms with Gasteiger partial charge in [0.05, 0.1) is 0 Å². The minimum Gasteiger partial charge on any atom is -0.337 e. The van der Waals surface area contributed by atoms with Crippen LogP contribution in [0.2, 0.25) is 0 Å². The normalized spacial score (nSPS) is 18.4. The molecule has 4 rings (SSSR count). The SMILES string of the molecule is CN(C)CCN(Cc1cccc2ccccc12)C(=O)[C@@H]1CC1c1ccccc1. The third-order valence-corrected chi connectivity index (χ3v) is 5.71. The van der Waals surface area contributed by atoms with Crippen molar-refractivity contribution in [2.24, 2.45) is 5.92 Å². The van der Waals surface area contributed by atoms with Gasteiger partial charge in [0.25, 0.3) is 0 Å². The lowest BCUT2D eigenvalue weighted by Gasteiger charge is -2.25. The van der Waals surface area contributed by atoms with Gasteiger partial charge in [0.2, 0.25) is 5.91 Å². The fraction of sp³-hybridized carbons (Fsp3) is 0.320. The van der Waals surface area contributed by atoms with Gasteiger partial charge in [-0.25, -0.2) is 0 Å². The van der Waals surface area contributed by atoms with E-state index in [1.165, 1.54) is 21.9 Å². The molecule has 1 unspecified atom stereocenters. The lowest BCUT2D eigenvalue weighted by Crippen LogP contribution is -2.37. The molecule has 3 aromatic rings. The Balaban J connectivity index is 1.54. The highest BCUT2D eigenvalue weighted by molar-refractivity contribution is 5.87. The second-order valence-corrected chi connectivity index (χ2v) is 8.06. The molecule has 0 aromatic heterocycles. The van der Waals surface area contributed by atoms with Crippen LogP contribution in [-0.2, 0) is 11.3 Å². The number of hydrogen-bond acceptors (Lipinski definition) is 2. The van der Waals surface area contributed by atoms with Crippen molar-refractivity contribution < 1.29 is 4.79 Å². The molecule has 0 radical (unpaired) electrons. The Morgan fingerprint density at radius 2 is 1.61 bits per heavy atom. The maximum atomic E-state index is 13.3. The van der Waals surface area contributed by atoms with Crippen molar-refractivity contribution in [3.8, 4) is 0 Å². The van der Waals surface area contributed by atoms with Crippen molar-refractivity contribution in [2.75, 3.05) is 27.2 Å². The molecule has 1 aliphatic rings. The number of hydrogen-bond donors (Lipinski definition) is 0. The molecule has 1 aliphatic carbocycles. The Hall–Kier alpha value is -2.65. The molecule has 0 bridgehead atoms. The lowest BCUT2D eigenvalue weighted by molar-refractivity contribution is -0.133. The van der Waals surface area contributed by atoms with E-state index in [1.807, 2.05) is 6.07 Å². The van der Waals surface area contributed by atoms with Crippen molar-refractivity contribution in [1.82, 2.24) is 9.80 Å². The molecule has 0 N–H and O–H groups in total. The summed E-state index contributed by atoms with van der Waals surface area (Å²) in [5.74, 6) is 0.797. The van der Waals surface area contributed by atoms with Gasteiger partial charge in [0.1, 0.15) is 0 Å². The smallest absolute Gasteiger partial charge is 0.226 e. The van der Waals surface area contributed by atoms with Crippen molar-refractivity contribution in [3.05, 3.63) is 83.9 Å². The fourth-order valence-corrected chi connectivity index (χ4v) is 3.99. The van der Waals surface area contributed by atoms with Gasteiger partial charge >= 0.3 is 0 Å². The molecule has 3 nitrogen and oxygen atoms in total. The predicted octanol–water partition coefficient (Wildman–Crippen LogP) is 4.53. The maximum absolute atomic E-state index is 13.3. The first kappa shape index (κ1) is 18.7. The van der Waals surface area contributed by atoms with Crippen LogP contribution in [0, 0.1) is 5.92 Å². The minimum absolute atomic E-state index is 0.125. The number of benzene rings is 3. The number of amides is 1. The largest absolute Gasteiger partial charge is 0.337 e. The highest BCUT2D eigenvalue weighted by atomic mass is 16.2. The summed E-state index contributed by atoms with van der Waals surface area (Å²) in [4.78, 5) is 17.6. The first-order chi connectivity index (χ1) is 13.6. The molecule has 144 valence electrons. The van der Waals surface area contributed by atoms with E-state index in [0.717, 1.165) is 19.5 Å². The van der Waals surface area contributed by atoms with Crippen molar-refractivity contribution in [1.29, 1.82) is 0 Å². The van der Waals surface area contributed by atoms with Crippen molar-refractivity contribution >= 4 is 16.7 Å². The van der Waals surface area contributed by atoms with Crippen LogP contribution < -0.4 is 0 Å². The molecular formula is C25H28N2O. The van der Waals surface area contributed by atoms with Crippen LogP contribution in [0.5, 0.6) is 0 Å². The molecule has 3 heteroatoms. The summed E-state index contributed by atoms with van der Waals surface area (Å²) in [5.41, 5.74) is 2.51. The summed E-state index contributed by atoms with van der Waals surface area (Å²) in [6.45, 7) is 2.30. The number of carbonyl (C=O) groups is 1. The Kier molecular flexibility index (Phi) is 5.45. The molecule has 0 aliphatic heterocycles. The van der Waals surface area contributed by atoms with Crippen LogP contribution in [-0.4, -0.2) is 42.9 Å². The van der Waals surface area contributed by atoms with Crippen LogP contribution >= 0.6 is 0 Å². The topological polar surface area (TPSA) is 23.6 Å². The summed E-state index contributed by atoms with van der Waals surface area (Å²) in [7, 11) is 4.12. The predicted molar refractivity (Wildman–Crippen MR) is 115 cm³/mol. The highest BCUT2D eigenvalue weighted by Gasteiger charge is 2.45. The Bertz CT molecular complexity index is 946. The zero-order chi connectivity index (χ0) is 19.5. The molecule has 0 spiro atoms. The van der Waals surface area contributed by atoms with E-state index in [4.69, 9.17) is 0 Å². The van der Waals surface area contributed by atoms with Gasteiger partial charge in [-0.1, -0.05) is 72.8 Å². The molecule has 1 amide bonds. The van der Waals surface area contributed by atoms with Crippen LogP contribution in [0.3, 0.4) is 0 Å². The first-order valence-electron chi connectivity index (χ1n) is 10.1. The molecule has 0 heterocycles. The Morgan fingerprint density at radius 1 is 0.893 bits per heavy atom. The highest BCUT2D eigenvalue weighted by Crippen LogP contribution is 2.48. The zero-order valence-electron chi connectivity index (χ0n) is 16.7. The lowest BCUT2D eigenvalue weighted by atomic mass is 10.0. The average molecular weight is 373 g/mol. The van der Waals surface area contributed by atoms with Crippen LogP contribution in [0.4, 0.5) is 0 Å². The van der Waals surface area contributed by atoms with E-state index < -0.39 is 0 Å². The van der Waals surface area contributed by atoms with Gasteiger partial charge in [0.15, 0.2) is 0 Å². The van der Waals surface area contributed by atoms with Crippen LogP contribution in [0.25, 0.3) is 10.8 Å². The molecule has 0 saturated heterocycles. The van der Waals surface area contributed by atoms with E-state index in [0.29, 0.717) is 18.4 Å². The van der Waals surface area contributed by atoms with Gasteiger partial charge < -0.3 is 9.80 Å². The summed E-state index contributed by atoms with van der Waals surface area (Å²) < 4.78 is 0. The number of likely N-dealkylation sites (N-methyl/N-ethyl adjacent to an activating group) is 1. The third-order valence-electron chi connectivity index (χ3n) is 5.71. The van der Waals surface area contributed by atoms with E-state index in [9.17, 15) is 4.79 Å². The Morgan fingerprint density at radius 3 is 2.39 bits per heavy atom. The number of carbonyl (C=O) groups excluding carboxylic acids is 1.